The van der Waals surface area contributed by atoms with Gasteiger partial charge in [0.2, 0.25) is 5.23 Å². The third-order valence-corrected chi connectivity index (χ3v) is 3.17. The fraction of sp³-hybridized carbons (Fsp3) is 0.643. The van der Waals surface area contributed by atoms with Gasteiger partial charge >= 0.3 is 12.1 Å². The molecule has 2 rings (SSSR count). The van der Waals surface area contributed by atoms with Crippen molar-refractivity contribution >= 4 is 41.3 Å². The van der Waals surface area contributed by atoms with Gasteiger partial charge in [-0.1, -0.05) is 19.8 Å². The molecule has 2 fully saturated rings. The molecule has 0 aliphatic carbocycles. The molecule has 10 nitrogen and oxygen atoms in total. The van der Waals surface area contributed by atoms with Crippen LogP contribution in [0.5, 0.6) is 0 Å². The van der Waals surface area contributed by atoms with Crippen LogP contribution < -0.4 is 21.3 Å². The highest BCUT2D eigenvalue weighted by molar-refractivity contribution is 7.78. The second kappa shape index (κ2) is 13.0. The fourth-order valence-corrected chi connectivity index (χ4v) is 1.97. The zero-order chi connectivity index (χ0) is 19.2. The van der Waals surface area contributed by atoms with Crippen LogP contribution in [0.15, 0.2) is 0 Å². The van der Waals surface area contributed by atoms with Crippen LogP contribution in [0.2, 0.25) is 0 Å². The summed E-state index contributed by atoms with van der Waals surface area (Å²) in [7, 11) is 1.55. The number of hydrogen-bond donors (Lipinski definition) is 4. The molecule has 0 unspecified atom stereocenters. The molecule has 0 aromatic carbocycles. The summed E-state index contributed by atoms with van der Waals surface area (Å²) in [5.74, 6) is -0.462. The Kier molecular flexibility index (Phi) is 11.8. The maximum atomic E-state index is 10.9. The molecule has 0 aromatic heterocycles. The monoisotopic (exact) mass is 374 g/mol. The van der Waals surface area contributed by atoms with E-state index in [1.54, 1.807) is 7.11 Å². The number of carbonyl (C=O) groups excluding carboxylic acids is 5. The fourth-order valence-electron chi connectivity index (χ4n) is 1.97. The molecular formula is C14H22N4O6S. The Bertz CT molecular complexity index is 481. The average molecular weight is 374 g/mol. The highest BCUT2D eigenvalue weighted by atomic mass is 32.1. The smallest absolute Gasteiger partial charge is 0.322 e. The Morgan fingerprint density at radius 2 is 1.44 bits per heavy atom. The Labute approximate surface area is 150 Å². The summed E-state index contributed by atoms with van der Waals surface area (Å²) in [5.41, 5.74) is 0. The lowest BCUT2D eigenvalue weighted by Gasteiger charge is -2.04. The van der Waals surface area contributed by atoms with Gasteiger partial charge in [-0.15, -0.1) is 0 Å². The third-order valence-electron chi connectivity index (χ3n) is 3.17. The molecule has 0 aromatic rings. The van der Waals surface area contributed by atoms with Crippen molar-refractivity contribution in [3.8, 4) is 0 Å². The predicted molar refractivity (Wildman–Crippen MR) is 90.2 cm³/mol. The number of amides is 6. The van der Waals surface area contributed by atoms with Crippen LogP contribution in [-0.4, -0.2) is 54.9 Å². The van der Waals surface area contributed by atoms with Crippen molar-refractivity contribution in [1.29, 1.82) is 0 Å². The van der Waals surface area contributed by atoms with Crippen LogP contribution in [0.3, 0.4) is 0 Å². The van der Waals surface area contributed by atoms with Gasteiger partial charge in [0.1, 0.15) is 12.1 Å². The number of nitrogens with one attached hydrogen (secondary N) is 4. The van der Waals surface area contributed by atoms with Crippen LogP contribution in [0.4, 0.5) is 9.59 Å². The van der Waals surface area contributed by atoms with Crippen molar-refractivity contribution < 1.29 is 28.7 Å². The van der Waals surface area contributed by atoms with E-state index in [4.69, 9.17) is 9.53 Å². The summed E-state index contributed by atoms with van der Waals surface area (Å²) in [6, 6.07) is -1.49. The minimum absolute atomic E-state index is 0.191. The second-order valence-electron chi connectivity index (χ2n) is 5.04. The summed E-state index contributed by atoms with van der Waals surface area (Å²) in [4.78, 5) is 51.4. The first-order chi connectivity index (χ1) is 11.9. The van der Waals surface area contributed by atoms with Gasteiger partial charge < -0.3 is 15.4 Å². The summed E-state index contributed by atoms with van der Waals surface area (Å²) in [5, 5.41) is 10.4. The number of ether oxygens (including phenoxy) is 1. The lowest BCUT2D eigenvalue weighted by Crippen LogP contribution is -2.29. The zero-order valence-electron chi connectivity index (χ0n) is 14.0. The first-order valence-electron chi connectivity index (χ1n) is 7.60. The van der Waals surface area contributed by atoms with Crippen LogP contribution in [0.1, 0.15) is 32.6 Å². The van der Waals surface area contributed by atoms with E-state index in [0.29, 0.717) is 13.0 Å². The lowest BCUT2D eigenvalue weighted by atomic mass is 10.1. The molecule has 25 heavy (non-hydrogen) atoms. The van der Waals surface area contributed by atoms with Crippen LogP contribution in [0, 0.1) is 0 Å². The highest BCUT2D eigenvalue weighted by Crippen LogP contribution is 2.03. The quantitative estimate of drug-likeness (QED) is 0.374. The van der Waals surface area contributed by atoms with Gasteiger partial charge in [-0.05, 0) is 6.42 Å². The molecule has 140 valence electrons. The number of imide groups is 2. The number of rotatable bonds is 6. The zero-order valence-corrected chi connectivity index (χ0v) is 14.9. The molecule has 2 heterocycles. The van der Waals surface area contributed by atoms with E-state index in [1.807, 2.05) is 0 Å². The first-order valence-corrected chi connectivity index (χ1v) is 8.01. The average Bonchev–Trinajstić information content (AvgIpc) is 3.05. The Morgan fingerprint density at radius 3 is 1.76 bits per heavy atom. The predicted octanol–water partition coefficient (Wildman–Crippen LogP) is -0.133. The third kappa shape index (κ3) is 9.50. The minimum atomic E-state index is -0.420. The summed E-state index contributed by atoms with van der Waals surface area (Å²) >= 11 is 3.59. The molecule has 4 N–H and O–H groups in total. The molecular weight excluding hydrogens is 352 g/mol. The maximum absolute atomic E-state index is 10.9. The van der Waals surface area contributed by atoms with E-state index in [9.17, 15) is 19.2 Å². The van der Waals surface area contributed by atoms with Gasteiger partial charge in [0.15, 0.2) is 0 Å². The van der Waals surface area contributed by atoms with Crippen LogP contribution in [0.25, 0.3) is 0 Å². The van der Waals surface area contributed by atoms with Gasteiger partial charge in [0, 0.05) is 32.4 Å². The lowest BCUT2D eigenvalue weighted by molar-refractivity contribution is -0.121. The molecule has 6 amide bonds. The summed E-state index contributed by atoms with van der Waals surface area (Å²) < 4.78 is 4.76. The van der Waals surface area contributed by atoms with Crippen LogP contribution >= 0.6 is 12.2 Å². The molecule has 11 heteroatoms. The van der Waals surface area contributed by atoms with Gasteiger partial charge in [0.05, 0.1) is 0 Å². The van der Waals surface area contributed by atoms with Crippen molar-refractivity contribution in [2.75, 3.05) is 13.7 Å². The molecule has 0 saturated carbocycles. The van der Waals surface area contributed by atoms with E-state index in [-0.39, 0.29) is 23.9 Å². The van der Waals surface area contributed by atoms with E-state index in [0.717, 1.165) is 24.5 Å². The van der Waals surface area contributed by atoms with E-state index in [1.165, 1.54) is 0 Å². The molecule has 0 bridgehead atoms. The number of methoxy groups -OCH3 is 1. The number of thiocarbonyl (C=S) groups is 1. The number of unbranched alkanes of at least 4 members (excludes halogenated alkanes) is 1. The van der Waals surface area contributed by atoms with Gasteiger partial charge in [0.25, 0.3) is 11.8 Å². The standard InChI is InChI=1S/C7H12N2O2.C6H10N2O3.COS/c1-2-3-4-5-6(10)9-7(11)8-5;1-11-3-2-4-5(9)8-6(10)7-4;2-1-3/h5H,2-4H2,1H3,(H2,8,9,10,11);4H,2-3H2,1H3,(H2,7,8,9,10);/t5-;4-;/m11./s1. The largest absolute Gasteiger partial charge is 0.385 e. The number of hydrogen-bond acceptors (Lipinski definition) is 7. The number of urea groups is 2. The Morgan fingerprint density at radius 1 is 1.00 bits per heavy atom. The Balaban J connectivity index is 0.000000399. The first kappa shape index (κ1) is 22.6. The minimum Gasteiger partial charge on any atom is -0.385 e. The molecule has 2 saturated heterocycles. The van der Waals surface area contributed by atoms with E-state index in [2.05, 4.69) is 40.4 Å². The van der Waals surface area contributed by atoms with Crippen molar-refractivity contribution in [2.24, 2.45) is 0 Å². The van der Waals surface area contributed by atoms with Crippen molar-refractivity contribution in [3.05, 3.63) is 0 Å². The van der Waals surface area contributed by atoms with Crippen molar-refractivity contribution in [1.82, 2.24) is 21.3 Å². The second-order valence-corrected chi connectivity index (χ2v) is 5.20. The molecule has 0 spiro atoms. The molecule has 2 aliphatic rings. The van der Waals surface area contributed by atoms with Gasteiger partial charge in [-0.2, -0.15) is 0 Å². The SMILES string of the molecule is CCCC[C@H]1NC(=O)NC1=O.COCC[C@H]1NC(=O)NC1=O.O=C=S. The molecule has 0 radical (unpaired) electrons. The normalized spacial score (nSPS) is 20.7. The number of carbonyl (C=O) groups is 4. The summed E-state index contributed by atoms with van der Waals surface area (Å²) in [6.45, 7) is 2.52. The topological polar surface area (TPSA) is 143 Å². The van der Waals surface area contributed by atoms with E-state index < -0.39 is 12.1 Å². The van der Waals surface area contributed by atoms with E-state index >= 15 is 0 Å². The van der Waals surface area contributed by atoms with Crippen molar-refractivity contribution in [2.45, 2.75) is 44.7 Å². The van der Waals surface area contributed by atoms with Gasteiger partial charge in [-0.25, -0.2) is 14.4 Å². The van der Waals surface area contributed by atoms with Crippen LogP contribution in [-0.2, 0) is 19.1 Å². The maximum Gasteiger partial charge on any atom is 0.322 e. The molecule has 2 atom stereocenters. The van der Waals surface area contributed by atoms with Crippen molar-refractivity contribution in [3.63, 3.8) is 0 Å². The summed E-state index contributed by atoms with van der Waals surface area (Å²) in [6.07, 6.45) is 3.28. The highest BCUT2D eigenvalue weighted by Gasteiger charge is 2.29. The Hall–Kier alpha value is -2.36. The molecule has 2 aliphatic heterocycles. The van der Waals surface area contributed by atoms with Gasteiger partial charge in [-0.3, -0.25) is 20.2 Å².